The average molecular weight is 155 g/mol. The fraction of sp³-hybridized carbons (Fsp3) is 1.00. The molecule has 2 atom stereocenters. The van der Waals surface area contributed by atoms with E-state index in [0.717, 1.165) is 18.9 Å². The summed E-state index contributed by atoms with van der Waals surface area (Å²) < 4.78 is 5.68. The van der Waals surface area contributed by atoms with E-state index >= 15 is 0 Å². The minimum atomic E-state index is 0.0150. The predicted octanol–water partition coefficient (Wildman–Crippen LogP) is 1.29. The molecule has 2 nitrogen and oxygen atoms in total. The standard InChI is InChI=1S/C9H17NO/c1-9(5-2-6-11-9)8(10)7-3-4-7/h7-8H,2-6,10H2,1H3. The summed E-state index contributed by atoms with van der Waals surface area (Å²) >= 11 is 0. The SMILES string of the molecule is CC1(C(N)C2CC2)CCCO1. The van der Waals surface area contributed by atoms with Gasteiger partial charge in [-0.3, -0.25) is 0 Å². The van der Waals surface area contributed by atoms with Gasteiger partial charge in [-0.05, 0) is 38.5 Å². The molecule has 1 aliphatic carbocycles. The topological polar surface area (TPSA) is 35.2 Å². The monoisotopic (exact) mass is 155 g/mol. The molecule has 1 heterocycles. The second kappa shape index (κ2) is 2.46. The highest BCUT2D eigenvalue weighted by Gasteiger charge is 2.43. The third-order valence-corrected chi connectivity index (χ3v) is 3.08. The number of rotatable bonds is 2. The molecular weight excluding hydrogens is 138 g/mol. The summed E-state index contributed by atoms with van der Waals surface area (Å²) in [6, 6.07) is 0.296. The Hall–Kier alpha value is -0.0800. The van der Waals surface area contributed by atoms with Gasteiger partial charge < -0.3 is 10.5 Å². The van der Waals surface area contributed by atoms with Crippen LogP contribution >= 0.6 is 0 Å². The maximum absolute atomic E-state index is 6.09. The van der Waals surface area contributed by atoms with Crippen molar-refractivity contribution in [2.24, 2.45) is 11.7 Å². The molecule has 0 amide bonds. The van der Waals surface area contributed by atoms with Gasteiger partial charge in [-0.25, -0.2) is 0 Å². The minimum absolute atomic E-state index is 0.0150. The molecule has 2 aliphatic rings. The Bertz CT molecular complexity index is 148. The zero-order valence-electron chi connectivity index (χ0n) is 7.18. The molecule has 1 saturated carbocycles. The number of hydrogen-bond acceptors (Lipinski definition) is 2. The highest BCUT2D eigenvalue weighted by atomic mass is 16.5. The molecule has 1 saturated heterocycles. The first-order valence-corrected chi connectivity index (χ1v) is 4.62. The van der Waals surface area contributed by atoms with Gasteiger partial charge in [-0.15, -0.1) is 0 Å². The van der Waals surface area contributed by atoms with Crippen molar-refractivity contribution < 1.29 is 4.74 Å². The smallest absolute Gasteiger partial charge is 0.0808 e. The Morgan fingerprint density at radius 3 is 2.73 bits per heavy atom. The van der Waals surface area contributed by atoms with Crippen LogP contribution in [-0.4, -0.2) is 18.2 Å². The zero-order chi connectivity index (χ0) is 7.90. The molecule has 2 fully saturated rings. The third-order valence-electron chi connectivity index (χ3n) is 3.08. The van der Waals surface area contributed by atoms with Gasteiger partial charge in [0.15, 0.2) is 0 Å². The van der Waals surface area contributed by atoms with E-state index in [4.69, 9.17) is 10.5 Å². The van der Waals surface area contributed by atoms with Crippen LogP contribution in [0.25, 0.3) is 0 Å². The largest absolute Gasteiger partial charge is 0.374 e. The molecule has 0 aromatic carbocycles. The molecule has 0 spiro atoms. The van der Waals surface area contributed by atoms with Crippen LogP contribution < -0.4 is 5.73 Å². The van der Waals surface area contributed by atoms with E-state index in [1.807, 2.05) is 0 Å². The van der Waals surface area contributed by atoms with Crippen LogP contribution in [0.5, 0.6) is 0 Å². The van der Waals surface area contributed by atoms with Crippen LogP contribution in [0.1, 0.15) is 32.6 Å². The summed E-state index contributed by atoms with van der Waals surface area (Å²) in [4.78, 5) is 0. The van der Waals surface area contributed by atoms with E-state index in [0.29, 0.717) is 6.04 Å². The quantitative estimate of drug-likeness (QED) is 0.652. The van der Waals surface area contributed by atoms with E-state index in [1.165, 1.54) is 19.3 Å². The summed E-state index contributed by atoms with van der Waals surface area (Å²) in [5.74, 6) is 0.762. The van der Waals surface area contributed by atoms with E-state index in [-0.39, 0.29) is 5.60 Å². The van der Waals surface area contributed by atoms with Gasteiger partial charge >= 0.3 is 0 Å². The normalized spacial score (nSPS) is 40.9. The average Bonchev–Trinajstić information content (AvgIpc) is 2.74. The van der Waals surface area contributed by atoms with Crippen LogP contribution in [0.4, 0.5) is 0 Å². The number of ether oxygens (including phenoxy) is 1. The summed E-state index contributed by atoms with van der Waals surface area (Å²) in [5, 5.41) is 0. The van der Waals surface area contributed by atoms with Crippen LogP contribution in [0, 0.1) is 5.92 Å². The number of hydrogen-bond donors (Lipinski definition) is 1. The lowest BCUT2D eigenvalue weighted by Gasteiger charge is -2.30. The Labute approximate surface area is 68.1 Å². The van der Waals surface area contributed by atoms with Crippen molar-refractivity contribution in [1.82, 2.24) is 0 Å². The van der Waals surface area contributed by atoms with E-state index < -0.39 is 0 Å². The molecule has 11 heavy (non-hydrogen) atoms. The molecule has 1 aliphatic heterocycles. The Morgan fingerprint density at radius 1 is 1.55 bits per heavy atom. The first-order valence-electron chi connectivity index (χ1n) is 4.62. The highest BCUT2D eigenvalue weighted by molar-refractivity contribution is 4.98. The van der Waals surface area contributed by atoms with Crippen LogP contribution in [0.2, 0.25) is 0 Å². The number of nitrogens with two attached hydrogens (primary N) is 1. The van der Waals surface area contributed by atoms with Gasteiger partial charge in [0.2, 0.25) is 0 Å². The van der Waals surface area contributed by atoms with Crippen molar-refractivity contribution >= 4 is 0 Å². The fourth-order valence-corrected chi connectivity index (χ4v) is 2.02. The van der Waals surface area contributed by atoms with Crippen LogP contribution in [0.3, 0.4) is 0 Å². The maximum atomic E-state index is 6.09. The molecule has 0 aromatic rings. The molecule has 2 unspecified atom stereocenters. The minimum Gasteiger partial charge on any atom is -0.374 e. The first kappa shape index (κ1) is 7.56. The second-order valence-corrected chi connectivity index (χ2v) is 4.13. The lowest BCUT2D eigenvalue weighted by molar-refractivity contribution is -0.00658. The third kappa shape index (κ3) is 1.30. The molecule has 2 rings (SSSR count). The Morgan fingerprint density at radius 2 is 2.27 bits per heavy atom. The van der Waals surface area contributed by atoms with Crippen molar-refractivity contribution in [3.8, 4) is 0 Å². The van der Waals surface area contributed by atoms with Crippen LogP contribution in [-0.2, 0) is 4.74 Å². The summed E-state index contributed by atoms with van der Waals surface area (Å²) in [7, 11) is 0. The second-order valence-electron chi connectivity index (χ2n) is 4.13. The van der Waals surface area contributed by atoms with E-state index in [2.05, 4.69) is 6.92 Å². The zero-order valence-corrected chi connectivity index (χ0v) is 7.18. The van der Waals surface area contributed by atoms with Gasteiger partial charge in [-0.1, -0.05) is 0 Å². The van der Waals surface area contributed by atoms with Gasteiger partial charge in [0.1, 0.15) is 0 Å². The molecule has 64 valence electrons. The Balaban J connectivity index is 1.99. The molecule has 0 radical (unpaired) electrons. The summed E-state index contributed by atoms with van der Waals surface area (Å²) in [6.45, 7) is 3.08. The molecule has 2 N–H and O–H groups in total. The van der Waals surface area contributed by atoms with Gasteiger partial charge in [0.25, 0.3) is 0 Å². The summed E-state index contributed by atoms with van der Waals surface area (Å²) in [6.07, 6.45) is 4.99. The lowest BCUT2D eigenvalue weighted by Crippen LogP contribution is -2.46. The van der Waals surface area contributed by atoms with E-state index in [9.17, 15) is 0 Å². The first-order chi connectivity index (χ1) is 5.22. The van der Waals surface area contributed by atoms with Crippen molar-refractivity contribution in [3.63, 3.8) is 0 Å². The molecule has 0 bridgehead atoms. The fourth-order valence-electron chi connectivity index (χ4n) is 2.02. The molecular formula is C9H17NO. The lowest BCUT2D eigenvalue weighted by atomic mass is 9.90. The van der Waals surface area contributed by atoms with E-state index in [1.54, 1.807) is 0 Å². The van der Waals surface area contributed by atoms with Crippen molar-refractivity contribution in [2.75, 3.05) is 6.61 Å². The van der Waals surface area contributed by atoms with Gasteiger partial charge in [0, 0.05) is 12.6 Å². The predicted molar refractivity (Wildman–Crippen MR) is 44.3 cm³/mol. The maximum Gasteiger partial charge on any atom is 0.0808 e. The molecule has 0 aromatic heterocycles. The highest BCUT2D eigenvalue weighted by Crippen LogP contribution is 2.40. The van der Waals surface area contributed by atoms with Gasteiger partial charge in [-0.2, -0.15) is 0 Å². The van der Waals surface area contributed by atoms with Gasteiger partial charge in [0.05, 0.1) is 5.60 Å². The summed E-state index contributed by atoms with van der Waals surface area (Å²) in [5.41, 5.74) is 6.11. The van der Waals surface area contributed by atoms with Crippen molar-refractivity contribution in [1.29, 1.82) is 0 Å². The Kier molecular flexibility index (Phi) is 1.69. The molecule has 2 heteroatoms. The van der Waals surface area contributed by atoms with Crippen molar-refractivity contribution in [3.05, 3.63) is 0 Å². The van der Waals surface area contributed by atoms with Crippen LogP contribution in [0.15, 0.2) is 0 Å². The van der Waals surface area contributed by atoms with Crippen molar-refractivity contribution in [2.45, 2.75) is 44.2 Å².